The number of rotatable bonds is 6. The van der Waals surface area contributed by atoms with Crippen LogP contribution < -0.4 is 10.6 Å². The first-order valence-electron chi connectivity index (χ1n) is 5.37. The van der Waals surface area contributed by atoms with Crippen LogP contribution in [0, 0.1) is 22.7 Å². The highest BCUT2D eigenvalue weighted by Crippen LogP contribution is 1.96. The van der Waals surface area contributed by atoms with Gasteiger partial charge in [0.25, 0.3) is 0 Å². The maximum Gasteiger partial charge on any atom is 0.221 e. The first kappa shape index (κ1) is 14.9. The number of nitrogens with zero attached hydrogens (tertiary/aromatic N) is 2. The molecule has 2 N–H and O–H groups in total. The molecular weight excluding hydrogens is 220 g/mol. The lowest BCUT2D eigenvalue weighted by Crippen LogP contribution is -2.33. The number of carbonyl (C=O) groups excluding carboxylic acids is 2. The summed E-state index contributed by atoms with van der Waals surface area (Å²) < 4.78 is 0. The van der Waals surface area contributed by atoms with Crippen LogP contribution >= 0.6 is 0 Å². The van der Waals surface area contributed by atoms with Crippen molar-refractivity contribution in [1.29, 1.82) is 10.5 Å². The van der Waals surface area contributed by atoms with E-state index in [0.29, 0.717) is 6.42 Å². The van der Waals surface area contributed by atoms with Crippen molar-refractivity contribution in [2.75, 3.05) is 0 Å². The Morgan fingerprint density at radius 1 is 1.00 bits per heavy atom. The van der Waals surface area contributed by atoms with E-state index in [4.69, 9.17) is 10.5 Å². The molecule has 0 aromatic heterocycles. The molecule has 92 valence electrons. The summed E-state index contributed by atoms with van der Waals surface area (Å²) >= 11 is 0. The largest absolute Gasteiger partial charge is 0.341 e. The monoisotopic (exact) mass is 236 g/mol. The molecule has 2 atom stereocenters. The first-order chi connectivity index (χ1) is 7.99. The molecule has 0 aliphatic rings. The second-order valence-electron chi connectivity index (χ2n) is 3.69. The van der Waals surface area contributed by atoms with E-state index in [2.05, 4.69) is 10.6 Å². The normalized spacial score (nSPS) is 12.7. The Kier molecular flexibility index (Phi) is 7.12. The number of hydrogen-bond acceptors (Lipinski definition) is 4. The number of nitriles is 2. The van der Waals surface area contributed by atoms with Gasteiger partial charge in [0, 0.05) is 12.8 Å². The average molecular weight is 236 g/mol. The van der Waals surface area contributed by atoms with Gasteiger partial charge >= 0.3 is 0 Å². The van der Waals surface area contributed by atoms with Gasteiger partial charge in [-0.1, -0.05) is 0 Å². The van der Waals surface area contributed by atoms with Crippen LogP contribution in [0.5, 0.6) is 0 Å². The molecule has 0 heterocycles. The Labute approximate surface area is 101 Å². The summed E-state index contributed by atoms with van der Waals surface area (Å²) in [4.78, 5) is 22.5. The summed E-state index contributed by atoms with van der Waals surface area (Å²) in [5, 5.41) is 21.9. The molecule has 6 heteroatoms. The Hall–Kier alpha value is -2.08. The van der Waals surface area contributed by atoms with Crippen molar-refractivity contribution in [3.05, 3.63) is 0 Å². The quantitative estimate of drug-likeness (QED) is 0.687. The van der Waals surface area contributed by atoms with E-state index < -0.39 is 12.1 Å². The molecule has 0 aromatic rings. The van der Waals surface area contributed by atoms with Crippen LogP contribution in [0.3, 0.4) is 0 Å². The number of hydrogen-bond donors (Lipinski definition) is 2. The molecule has 0 spiro atoms. The summed E-state index contributed by atoms with van der Waals surface area (Å²) in [6.45, 7) is 3.17. The van der Waals surface area contributed by atoms with E-state index in [-0.39, 0.29) is 24.7 Å². The predicted molar refractivity (Wildman–Crippen MR) is 60.3 cm³/mol. The van der Waals surface area contributed by atoms with Gasteiger partial charge in [0.15, 0.2) is 0 Å². The zero-order valence-electron chi connectivity index (χ0n) is 9.99. The zero-order chi connectivity index (χ0) is 13.3. The van der Waals surface area contributed by atoms with Gasteiger partial charge in [0.1, 0.15) is 12.1 Å². The van der Waals surface area contributed by atoms with Gasteiger partial charge in [-0.25, -0.2) is 0 Å². The topological polar surface area (TPSA) is 106 Å². The van der Waals surface area contributed by atoms with E-state index in [1.807, 2.05) is 12.1 Å². The average Bonchev–Trinajstić information content (AvgIpc) is 2.28. The predicted octanol–water partition coefficient (Wildman–Crippen LogP) is 0.213. The fraction of sp³-hybridized carbons (Fsp3) is 0.636. The summed E-state index contributed by atoms with van der Waals surface area (Å²) in [5.74, 6) is -0.500. The molecule has 0 radical (unpaired) electrons. The van der Waals surface area contributed by atoms with Crippen LogP contribution in [0.2, 0.25) is 0 Å². The maximum atomic E-state index is 11.2. The number of nitrogens with one attached hydrogen (secondary N) is 2. The summed E-state index contributed by atoms with van der Waals surface area (Å²) in [6.07, 6.45) is 0.786. The number of amides is 2. The van der Waals surface area contributed by atoms with Crippen LogP contribution in [0.15, 0.2) is 0 Å². The molecule has 0 aliphatic carbocycles. The van der Waals surface area contributed by atoms with Gasteiger partial charge in [-0.3, -0.25) is 9.59 Å². The first-order valence-corrected chi connectivity index (χ1v) is 5.37. The Balaban J connectivity index is 3.71. The molecule has 17 heavy (non-hydrogen) atoms. The fourth-order valence-corrected chi connectivity index (χ4v) is 1.10. The molecule has 0 saturated heterocycles. The van der Waals surface area contributed by atoms with Gasteiger partial charge in [-0.05, 0) is 20.3 Å². The zero-order valence-corrected chi connectivity index (χ0v) is 9.99. The molecule has 0 aliphatic heterocycles. The Bertz CT molecular complexity index is 319. The SMILES string of the molecule is CC(C#N)NC(=O)CCCC(=O)NC(C)C#N. The highest BCUT2D eigenvalue weighted by Gasteiger charge is 2.09. The van der Waals surface area contributed by atoms with Crippen molar-refractivity contribution in [1.82, 2.24) is 10.6 Å². The van der Waals surface area contributed by atoms with Gasteiger partial charge in [-0.2, -0.15) is 10.5 Å². The minimum atomic E-state index is -0.519. The number of carbonyl (C=O) groups is 2. The summed E-state index contributed by atoms with van der Waals surface area (Å²) in [5.41, 5.74) is 0. The van der Waals surface area contributed by atoms with E-state index in [1.165, 1.54) is 0 Å². The lowest BCUT2D eigenvalue weighted by atomic mass is 10.2. The van der Waals surface area contributed by atoms with E-state index in [9.17, 15) is 9.59 Å². The highest BCUT2D eigenvalue weighted by atomic mass is 16.2. The third-order valence-corrected chi connectivity index (χ3v) is 1.95. The van der Waals surface area contributed by atoms with Crippen LogP contribution in [0.1, 0.15) is 33.1 Å². The minimum absolute atomic E-state index is 0.195. The molecule has 0 bridgehead atoms. The second-order valence-corrected chi connectivity index (χ2v) is 3.69. The second kappa shape index (κ2) is 8.12. The maximum absolute atomic E-state index is 11.2. The van der Waals surface area contributed by atoms with Crippen molar-refractivity contribution in [3.8, 4) is 12.1 Å². The molecule has 0 aromatic carbocycles. The smallest absolute Gasteiger partial charge is 0.221 e. The Morgan fingerprint density at radius 3 is 1.65 bits per heavy atom. The third-order valence-electron chi connectivity index (χ3n) is 1.95. The van der Waals surface area contributed by atoms with E-state index in [1.54, 1.807) is 13.8 Å². The van der Waals surface area contributed by atoms with Gasteiger partial charge in [-0.15, -0.1) is 0 Å². The van der Waals surface area contributed by atoms with Crippen molar-refractivity contribution < 1.29 is 9.59 Å². The van der Waals surface area contributed by atoms with Crippen LogP contribution in [0.4, 0.5) is 0 Å². The van der Waals surface area contributed by atoms with Crippen molar-refractivity contribution in [2.45, 2.75) is 45.2 Å². The van der Waals surface area contributed by atoms with Gasteiger partial charge in [0.05, 0.1) is 12.1 Å². The van der Waals surface area contributed by atoms with Crippen LogP contribution in [-0.2, 0) is 9.59 Å². The lowest BCUT2D eigenvalue weighted by molar-refractivity contribution is -0.122. The van der Waals surface area contributed by atoms with E-state index in [0.717, 1.165) is 0 Å². The van der Waals surface area contributed by atoms with Crippen molar-refractivity contribution >= 4 is 11.8 Å². The van der Waals surface area contributed by atoms with Gasteiger partial charge in [0.2, 0.25) is 11.8 Å². The fourth-order valence-electron chi connectivity index (χ4n) is 1.10. The van der Waals surface area contributed by atoms with Crippen molar-refractivity contribution in [2.24, 2.45) is 0 Å². The molecule has 2 unspecified atom stereocenters. The van der Waals surface area contributed by atoms with E-state index >= 15 is 0 Å². The lowest BCUT2D eigenvalue weighted by Gasteiger charge is -2.07. The molecule has 0 saturated carbocycles. The highest BCUT2D eigenvalue weighted by molar-refractivity contribution is 5.79. The van der Waals surface area contributed by atoms with Crippen LogP contribution in [0.25, 0.3) is 0 Å². The van der Waals surface area contributed by atoms with Crippen molar-refractivity contribution in [3.63, 3.8) is 0 Å². The summed E-state index contributed by atoms with van der Waals surface area (Å²) in [6, 6.07) is 2.73. The molecule has 2 amide bonds. The van der Waals surface area contributed by atoms with Crippen LogP contribution in [-0.4, -0.2) is 23.9 Å². The standard InChI is InChI=1S/C11H16N4O2/c1-8(6-12)14-10(16)4-3-5-11(17)15-9(2)7-13/h8-9H,3-5H2,1-2H3,(H,14,16)(H,15,17). The third kappa shape index (κ3) is 7.80. The summed E-state index contributed by atoms with van der Waals surface area (Å²) in [7, 11) is 0. The molecule has 0 fully saturated rings. The minimum Gasteiger partial charge on any atom is -0.341 e. The van der Waals surface area contributed by atoms with Gasteiger partial charge < -0.3 is 10.6 Å². The Morgan fingerprint density at radius 2 is 1.35 bits per heavy atom. The molecular formula is C11H16N4O2. The molecule has 0 rings (SSSR count). The molecule has 6 nitrogen and oxygen atoms in total.